The molecule has 0 radical (unpaired) electrons. The van der Waals surface area contributed by atoms with Gasteiger partial charge < -0.3 is 10.1 Å². The molecule has 0 aliphatic heterocycles. The first-order valence-electron chi connectivity index (χ1n) is 6.76. The number of rotatable bonds is 6. The monoisotopic (exact) mass is 352 g/mol. The van der Waals surface area contributed by atoms with E-state index < -0.39 is 0 Å². The van der Waals surface area contributed by atoms with E-state index in [2.05, 4.69) is 37.7 Å². The lowest BCUT2D eigenvalue weighted by Crippen LogP contribution is -2.15. The van der Waals surface area contributed by atoms with E-state index in [1.165, 1.54) is 12.8 Å². The van der Waals surface area contributed by atoms with Crippen molar-refractivity contribution in [1.29, 1.82) is 0 Å². The number of hydrogen-bond donors (Lipinski definition) is 1. The van der Waals surface area contributed by atoms with Gasteiger partial charge in [-0.2, -0.15) is 0 Å². The number of hydrogen-bond acceptors (Lipinski definition) is 4. The third kappa shape index (κ3) is 3.81. The minimum Gasteiger partial charge on any atom is -0.487 e. The van der Waals surface area contributed by atoms with Crippen LogP contribution in [0.1, 0.15) is 29.1 Å². The Bertz CT molecular complexity index is 595. The van der Waals surface area contributed by atoms with E-state index in [4.69, 9.17) is 4.74 Å². The fourth-order valence-electron chi connectivity index (χ4n) is 1.94. The van der Waals surface area contributed by atoms with Crippen molar-refractivity contribution in [2.75, 3.05) is 0 Å². The van der Waals surface area contributed by atoms with E-state index in [-0.39, 0.29) is 0 Å². The first-order chi connectivity index (χ1) is 9.70. The number of nitrogens with zero attached hydrogens (tertiary/aromatic N) is 1. The molecule has 0 spiro atoms. The minimum atomic E-state index is 0.530. The van der Waals surface area contributed by atoms with Crippen molar-refractivity contribution in [2.24, 2.45) is 0 Å². The second-order valence-corrected chi connectivity index (χ2v) is 6.94. The normalized spacial score (nSPS) is 14.5. The average Bonchev–Trinajstić information content (AvgIpc) is 3.14. The molecule has 0 amide bonds. The highest BCUT2D eigenvalue weighted by molar-refractivity contribution is 9.10. The molecule has 0 unspecified atom stereocenters. The molecule has 20 heavy (non-hydrogen) atoms. The molecule has 2 aromatic rings. The van der Waals surface area contributed by atoms with Crippen molar-refractivity contribution in [3.63, 3.8) is 0 Å². The molecule has 1 aliphatic carbocycles. The lowest BCUT2D eigenvalue weighted by Gasteiger charge is -2.07. The van der Waals surface area contributed by atoms with Gasteiger partial charge in [-0.3, -0.25) is 0 Å². The average molecular weight is 353 g/mol. The summed E-state index contributed by atoms with van der Waals surface area (Å²) in [5, 5.41) is 6.70. The maximum absolute atomic E-state index is 5.83. The second kappa shape index (κ2) is 6.24. The van der Waals surface area contributed by atoms with Crippen molar-refractivity contribution < 1.29 is 4.74 Å². The molecule has 1 aliphatic rings. The van der Waals surface area contributed by atoms with Gasteiger partial charge in [-0.1, -0.05) is 15.9 Å². The van der Waals surface area contributed by atoms with Crippen LogP contribution in [-0.2, 0) is 13.2 Å². The number of ether oxygens (including phenoxy) is 1. The molecule has 3 nitrogen and oxygen atoms in total. The van der Waals surface area contributed by atoms with Crippen LogP contribution in [-0.4, -0.2) is 11.0 Å². The number of aromatic nitrogens is 1. The summed E-state index contributed by atoms with van der Waals surface area (Å²) in [7, 11) is 0. The van der Waals surface area contributed by atoms with Crippen LogP contribution in [0.2, 0.25) is 0 Å². The molecule has 0 atom stereocenters. The predicted octanol–water partition coefficient (Wildman–Crippen LogP) is 4.05. The van der Waals surface area contributed by atoms with E-state index in [0.29, 0.717) is 6.61 Å². The van der Waals surface area contributed by atoms with Gasteiger partial charge in [-0.05, 0) is 43.5 Å². The fraction of sp³-hybridized carbons (Fsp3) is 0.400. The van der Waals surface area contributed by atoms with Crippen LogP contribution in [0, 0.1) is 6.92 Å². The van der Waals surface area contributed by atoms with Crippen molar-refractivity contribution in [3.05, 3.63) is 44.3 Å². The van der Waals surface area contributed by atoms with Gasteiger partial charge in [0.05, 0.1) is 5.69 Å². The first-order valence-corrected chi connectivity index (χ1v) is 8.43. The van der Waals surface area contributed by atoms with Crippen molar-refractivity contribution in [2.45, 2.75) is 39.0 Å². The molecule has 0 saturated heterocycles. The van der Waals surface area contributed by atoms with Crippen LogP contribution in [0.25, 0.3) is 0 Å². The van der Waals surface area contributed by atoms with Gasteiger partial charge in [0.15, 0.2) is 0 Å². The molecule has 1 saturated carbocycles. The molecule has 1 N–H and O–H groups in total. The third-order valence-electron chi connectivity index (χ3n) is 3.23. The minimum absolute atomic E-state index is 0.530. The summed E-state index contributed by atoms with van der Waals surface area (Å²) in [6.45, 7) is 3.46. The van der Waals surface area contributed by atoms with E-state index in [9.17, 15) is 0 Å². The highest BCUT2D eigenvalue weighted by Gasteiger charge is 2.20. The van der Waals surface area contributed by atoms with Crippen LogP contribution in [0.15, 0.2) is 28.1 Å². The molecule has 5 heteroatoms. The van der Waals surface area contributed by atoms with E-state index in [1.807, 2.05) is 19.1 Å². The second-order valence-electron chi connectivity index (χ2n) is 5.09. The highest BCUT2D eigenvalue weighted by Crippen LogP contribution is 2.23. The SMILES string of the molecule is Cc1cc(Br)ccc1OCc1csc(CNC2CC2)n1. The zero-order chi connectivity index (χ0) is 13.9. The largest absolute Gasteiger partial charge is 0.487 e. The number of thiazole rings is 1. The summed E-state index contributed by atoms with van der Waals surface area (Å²) >= 11 is 5.16. The van der Waals surface area contributed by atoms with Crippen molar-refractivity contribution in [1.82, 2.24) is 10.3 Å². The summed E-state index contributed by atoms with van der Waals surface area (Å²) in [5.74, 6) is 0.916. The summed E-state index contributed by atoms with van der Waals surface area (Å²) < 4.78 is 6.91. The number of halogens is 1. The van der Waals surface area contributed by atoms with Crippen LogP contribution >= 0.6 is 27.3 Å². The quantitative estimate of drug-likeness (QED) is 0.851. The molecule has 0 bridgehead atoms. The zero-order valence-corrected chi connectivity index (χ0v) is 13.8. The van der Waals surface area contributed by atoms with Crippen molar-refractivity contribution in [3.8, 4) is 5.75 Å². The van der Waals surface area contributed by atoms with Crippen LogP contribution in [0.5, 0.6) is 5.75 Å². The summed E-state index contributed by atoms with van der Waals surface area (Å²) in [5.41, 5.74) is 2.13. The Kier molecular flexibility index (Phi) is 4.38. The number of benzene rings is 1. The number of aryl methyl sites for hydroxylation is 1. The molecule has 106 valence electrons. The first kappa shape index (κ1) is 14.0. The lowest BCUT2D eigenvalue weighted by atomic mass is 10.2. The lowest BCUT2D eigenvalue weighted by molar-refractivity contribution is 0.299. The summed E-state index contributed by atoms with van der Waals surface area (Å²) in [4.78, 5) is 4.59. The number of nitrogens with one attached hydrogen (secondary N) is 1. The zero-order valence-electron chi connectivity index (χ0n) is 11.4. The Morgan fingerprint density at radius 2 is 2.30 bits per heavy atom. The van der Waals surface area contributed by atoms with E-state index in [0.717, 1.165) is 39.1 Å². The summed E-state index contributed by atoms with van der Waals surface area (Å²) in [6, 6.07) is 6.76. The molecule has 3 rings (SSSR count). The van der Waals surface area contributed by atoms with Crippen LogP contribution in [0.3, 0.4) is 0 Å². The molecular weight excluding hydrogens is 336 g/mol. The van der Waals surface area contributed by atoms with Crippen LogP contribution < -0.4 is 10.1 Å². The third-order valence-corrected chi connectivity index (χ3v) is 4.62. The fourth-order valence-corrected chi connectivity index (χ4v) is 3.15. The standard InChI is InChI=1S/C15H17BrN2OS/c1-10-6-11(16)2-5-14(10)19-8-13-9-20-15(18-13)7-17-12-3-4-12/h2,5-6,9,12,17H,3-4,7-8H2,1H3. The van der Waals surface area contributed by atoms with Gasteiger partial charge >= 0.3 is 0 Å². The van der Waals surface area contributed by atoms with Crippen LogP contribution in [0.4, 0.5) is 0 Å². The van der Waals surface area contributed by atoms with E-state index in [1.54, 1.807) is 11.3 Å². The Morgan fingerprint density at radius 1 is 1.45 bits per heavy atom. The predicted molar refractivity (Wildman–Crippen MR) is 85.2 cm³/mol. The van der Waals surface area contributed by atoms with Gasteiger partial charge in [0.2, 0.25) is 0 Å². The summed E-state index contributed by atoms with van der Waals surface area (Å²) in [6.07, 6.45) is 2.62. The Hall–Kier alpha value is -0.910. The van der Waals surface area contributed by atoms with Gasteiger partial charge in [-0.15, -0.1) is 11.3 Å². The van der Waals surface area contributed by atoms with Gasteiger partial charge in [-0.25, -0.2) is 4.98 Å². The molecule has 1 fully saturated rings. The topological polar surface area (TPSA) is 34.1 Å². The Balaban J connectivity index is 1.54. The molecule has 1 heterocycles. The van der Waals surface area contributed by atoms with Gasteiger partial charge in [0.1, 0.15) is 17.4 Å². The van der Waals surface area contributed by atoms with Gasteiger partial charge in [0.25, 0.3) is 0 Å². The molecule has 1 aromatic heterocycles. The molecule has 1 aromatic carbocycles. The van der Waals surface area contributed by atoms with Crippen molar-refractivity contribution >= 4 is 27.3 Å². The maximum Gasteiger partial charge on any atom is 0.131 e. The van der Waals surface area contributed by atoms with Gasteiger partial charge in [0, 0.05) is 22.4 Å². The molecular formula is C15H17BrN2OS. The van der Waals surface area contributed by atoms with E-state index >= 15 is 0 Å². The smallest absolute Gasteiger partial charge is 0.131 e. The Morgan fingerprint density at radius 3 is 3.05 bits per heavy atom. The Labute approximate surface area is 131 Å². The maximum atomic E-state index is 5.83. The highest BCUT2D eigenvalue weighted by atomic mass is 79.9.